The first-order chi connectivity index (χ1) is 8.26. The van der Waals surface area contributed by atoms with E-state index in [2.05, 4.69) is 25.9 Å². The molecule has 0 saturated carbocycles. The maximum absolute atomic E-state index is 6.22. The summed E-state index contributed by atoms with van der Waals surface area (Å²) in [5.74, 6) is 0. The van der Waals surface area contributed by atoms with Gasteiger partial charge < -0.3 is 10.5 Å². The van der Waals surface area contributed by atoms with Gasteiger partial charge in [0, 0.05) is 25.9 Å². The van der Waals surface area contributed by atoms with Gasteiger partial charge in [-0.3, -0.25) is 4.68 Å². The Labute approximate surface area is 111 Å². The number of rotatable bonds is 6. The largest absolute Gasteiger partial charge is 0.379 e. The fourth-order valence-corrected chi connectivity index (χ4v) is 2.11. The molecule has 0 amide bonds. The van der Waals surface area contributed by atoms with Gasteiger partial charge in [-0.05, 0) is 52.5 Å². The highest BCUT2D eigenvalue weighted by Crippen LogP contribution is 2.19. The molecule has 0 fully saturated rings. The Morgan fingerprint density at radius 2 is 2.00 bits per heavy atom. The Bertz CT molecular complexity index is 396. The Morgan fingerprint density at radius 1 is 1.39 bits per heavy atom. The molecule has 4 heteroatoms. The van der Waals surface area contributed by atoms with E-state index in [-0.39, 0.29) is 11.6 Å². The maximum atomic E-state index is 6.22. The molecule has 0 aliphatic carbocycles. The highest BCUT2D eigenvalue weighted by Gasteiger charge is 2.19. The summed E-state index contributed by atoms with van der Waals surface area (Å²) in [4.78, 5) is 0. The molecule has 2 N–H and O–H groups in total. The van der Waals surface area contributed by atoms with Crippen LogP contribution in [-0.4, -0.2) is 28.5 Å². The lowest BCUT2D eigenvalue weighted by Gasteiger charge is -2.24. The zero-order valence-corrected chi connectivity index (χ0v) is 12.6. The molecular formula is C14H27N3O. The van der Waals surface area contributed by atoms with Crippen molar-refractivity contribution in [3.05, 3.63) is 17.0 Å². The first-order valence-corrected chi connectivity index (χ1v) is 6.56. The average Bonchev–Trinajstić information content (AvgIpc) is 2.54. The lowest BCUT2D eigenvalue weighted by molar-refractivity contribution is 0.0125. The summed E-state index contributed by atoms with van der Waals surface area (Å²) >= 11 is 0. The summed E-state index contributed by atoms with van der Waals surface area (Å²) in [5, 5.41) is 4.43. The second-order valence-corrected chi connectivity index (χ2v) is 5.74. The predicted octanol–water partition coefficient (Wildman–Crippen LogP) is 2.11. The van der Waals surface area contributed by atoms with E-state index in [1.165, 1.54) is 11.3 Å². The third-order valence-corrected chi connectivity index (χ3v) is 3.79. The van der Waals surface area contributed by atoms with Crippen molar-refractivity contribution in [1.82, 2.24) is 9.78 Å². The summed E-state index contributed by atoms with van der Waals surface area (Å²) < 4.78 is 7.34. The van der Waals surface area contributed by atoms with Gasteiger partial charge in [-0.1, -0.05) is 0 Å². The van der Waals surface area contributed by atoms with E-state index in [9.17, 15) is 0 Å². The Morgan fingerprint density at radius 3 is 2.44 bits per heavy atom. The number of nitrogens with zero attached hydrogens (tertiary/aromatic N) is 2. The number of aryl methyl sites for hydroxylation is 2. The lowest BCUT2D eigenvalue weighted by Crippen LogP contribution is -2.29. The predicted molar refractivity (Wildman–Crippen MR) is 74.7 cm³/mol. The maximum Gasteiger partial charge on any atom is 0.0628 e. The van der Waals surface area contributed by atoms with Crippen LogP contribution >= 0.6 is 0 Å². The van der Waals surface area contributed by atoms with E-state index in [0.717, 1.165) is 25.0 Å². The van der Waals surface area contributed by atoms with Gasteiger partial charge >= 0.3 is 0 Å². The molecule has 1 atom stereocenters. The van der Waals surface area contributed by atoms with Crippen LogP contribution < -0.4 is 5.73 Å². The van der Waals surface area contributed by atoms with Crippen molar-refractivity contribution in [2.75, 3.05) is 7.11 Å². The van der Waals surface area contributed by atoms with Crippen molar-refractivity contribution in [3.63, 3.8) is 0 Å². The molecule has 4 nitrogen and oxygen atoms in total. The quantitative estimate of drug-likeness (QED) is 0.845. The third-order valence-electron chi connectivity index (χ3n) is 3.79. The van der Waals surface area contributed by atoms with Crippen molar-refractivity contribution >= 4 is 0 Å². The van der Waals surface area contributed by atoms with Crippen LogP contribution in [-0.2, 0) is 18.2 Å². The van der Waals surface area contributed by atoms with Crippen LogP contribution in [0.25, 0.3) is 0 Å². The number of methoxy groups -OCH3 is 1. The highest BCUT2D eigenvalue weighted by atomic mass is 16.5. The van der Waals surface area contributed by atoms with Crippen molar-refractivity contribution in [2.24, 2.45) is 12.8 Å². The van der Waals surface area contributed by atoms with Gasteiger partial charge in [0.15, 0.2) is 0 Å². The molecule has 0 bridgehead atoms. The van der Waals surface area contributed by atoms with Crippen molar-refractivity contribution < 1.29 is 4.74 Å². The molecular weight excluding hydrogens is 226 g/mol. The average molecular weight is 253 g/mol. The molecule has 1 heterocycles. The molecule has 1 aromatic heterocycles. The van der Waals surface area contributed by atoms with Gasteiger partial charge in [0.1, 0.15) is 0 Å². The van der Waals surface area contributed by atoms with E-state index in [1.807, 2.05) is 18.7 Å². The molecule has 1 unspecified atom stereocenters. The Balaban J connectivity index is 2.57. The SMILES string of the molecule is COC(C)(C)CCC(N)Cc1c(C)nn(C)c1C. The number of hydrogen-bond donors (Lipinski definition) is 1. The van der Waals surface area contributed by atoms with Gasteiger partial charge in [-0.2, -0.15) is 5.10 Å². The van der Waals surface area contributed by atoms with Crippen LogP contribution in [0.5, 0.6) is 0 Å². The van der Waals surface area contributed by atoms with E-state index >= 15 is 0 Å². The third kappa shape index (κ3) is 3.82. The summed E-state index contributed by atoms with van der Waals surface area (Å²) in [5.41, 5.74) is 9.74. The van der Waals surface area contributed by atoms with Crippen LogP contribution in [0.4, 0.5) is 0 Å². The van der Waals surface area contributed by atoms with E-state index in [0.29, 0.717) is 0 Å². The minimum Gasteiger partial charge on any atom is -0.379 e. The summed E-state index contributed by atoms with van der Waals surface area (Å²) in [6.45, 7) is 8.34. The van der Waals surface area contributed by atoms with Crippen LogP contribution in [0.15, 0.2) is 0 Å². The van der Waals surface area contributed by atoms with Gasteiger partial charge in [0.25, 0.3) is 0 Å². The number of aromatic nitrogens is 2. The van der Waals surface area contributed by atoms with Gasteiger partial charge in [0.05, 0.1) is 11.3 Å². The summed E-state index contributed by atoms with van der Waals surface area (Å²) in [6.07, 6.45) is 2.84. The standard InChI is InChI=1S/C14H27N3O/c1-10-13(11(2)17(5)16-10)9-12(15)7-8-14(3,4)18-6/h12H,7-9,15H2,1-6H3. The van der Waals surface area contributed by atoms with E-state index < -0.39 is 0 Å². The van der Waals surface area contributed by atoms with Crippen molar-refractivity contribution in [3.8, 4) is 0 Å². The zero-order valence-electron chi connectivity index (χ0n) is 12.6. The molecule has 18 heavy (non-hydrogen) atoms. The molecule has 1 aromatic rings. The fourth-order valence-electron chi connectivity index (χ4n) is 2.11. The molecule has 0 aromatic carbocycles. The number of nitrogens with two attached hydrogens (primary N) is 1. The van der Waals surface area contributed by atoms with Gasteiger partial charge in [0.2, 0.25) is 0 Å². The van der Waals surface area contributed by atoms with Gasteiger partial charge in [-0.25, -0.2) is 0 Å². The molecule has 104 valence electrons. The number of hydrogen-bond acceptors (Lipinski definition) is 3. The molecule has 1 rings (SSSR count). The van der Waals surface area contributed by atoms with E-state index in [4.69, 9.17) is 10.5 Å². The molecule has 0 aliphatic heterocycles. The Kier molecular flexibility index (Phi) is 4.93. The van der Waals surface area contributed by atoms with Crippen LogP contribution in [0, 0.1) is 13.8 Å². The molecule has 0 spiro atoms. The monoisotopic (exact) mass is 253 g/mol. The van der Waals surface area contributed by atoms with Crippen LogP contribution in [0.3, 0.4) is 0 Å². The zero-order chi connectivity index (χ0) is 13.9. The number of ether oxygens (including phenoxy) is 1. The molecule has 0 radical (unpaired) electrons. The minimum atomic E-state index is -0.0867. The van der Waals surface area contributed by atoms with Crippen molar-refractivity contribution in [1.29, 1.82) is 0 Å². The lowest BCUT2D eigenvalue weighted by atomic mass is 9.95. The van der Waals surface area contributed by atoms with Crippen molar-refractivity contribution in [2.45, 2.75) is 58.6 Å². The molecule has 0 aliphatic rings. The van der Waals surface area contributed by atoms with E-state index in [1.54, 1.807) is 7.11 Å². The van der Waals surface area contributed by atoms with Gasteiger partial charge in [-0.15, -0.1) is 0 Å². The summed E-state index contributed by atoms with van der Waals surface area (Å²) in [7, 11) is 3.73. The second-order valence-electron chi connectivity index (χ2n) is 5.74. The highest BCUT2D eigenvalue weighted by molar-refractivity contribution is 5.25. The summed E-state index contributed by atoms with van der Waals surface area (Å²) in [6, 6.07) is 0.168. The molecule has 0 saturated heterocycles. The first kappa shape index (κ1) is 15.2. The second kappa shape index (κ2) is 5.85. The van der Waals surface area contributed by atoms with Crippen LogP contribution in [0.1, 0.15) is 43.6 Å². The van der Waals surface area contributed by atoms with Crippen LogP contribution in [0.2, 0.25) is 0 Å². The minimum absolute atomic E-state index is 0.0867. The normalized spacial score (nSPS) is 13.9. The smallest absolute Gasteiger partial charge is 0.0628 e. The first-order valence-electron chi connectivity index (χ1n) is 6.56. The fraction of sp³-hybridized carbons (Fsp3) is 0.786. The topological polar surface area (TPSA) is 53.1 Å². The Hall–Kier alpha value is -0.870.